The van der Waals surface area contributed by atoms with Gasteiger partial charge < -0.3 is 15.3 Å². The summed E-state index contributed by atoms with van der Waals surface area (Å²) in [6.45, 7) is 0.866. The molecular formula is C15H22N2O2. The molecule has 1 amide bonds. The molecule has 19 heavy (non-hydrogen) atoms. The van der Waals surface area contributed by atoms with Crippen molar-refractivity contribution in [3.05, 3.63) is 29.8 Å². The minimum atomic E-state index is -0.0343. The van der Waals surface area contributed by atoms with Crippen LogP contribution in [-0.2, 0) is 0 Å². The van der Waals surface area contributed by atoms with Gasteiger partial charge >= 0.3 is 0 Å². The molecule has 0 aliphatic heterocycles. The summed E-state index contributed by atoms with van der Waals surface area (Å²) < 4.78 is 0. The third kappa shape index (κ3) is 3.47. The van der Waals surface area contributed by atoms with Crippen LogP contribution in [0.5, 0.6) is 0 Å². The zero-order valence-corrected chi connectivity index (χ0v) is 11.6. The first-order valence-corrected chi connectivity index (χ1v) is 6.73. The van der Waals surface area contributed by atoms with E-state index in [1.807, 2.05) is 43.3 Å². The molecule has 4 nitrogen and oxygen atoms in total. The summed E-state index contributed by atoms with van der Waals surface area (Å²) in [7, 11) is 3.91. The second kappa shape index (κ2) is 5.61. The monoisotopic (exact) mass is 262 g/mol. The topological polar surface area (TPSA) is 52.6 Å². The fourth-order valence-corrected chi connectivity index (χ4v) is 2.22. The number of benzene rings is 1. The largest absolute Gasteiger partial charge is 0.396 e. The van der Waals surface area contributed by atoms with Crippen molar-refractivity contribution in [3.8, 4) is 0 Å². The summed E-state index contributed by atoms with van der Waals surface area (Å²) in [5.41, 5.74) is 1.86. The number of nitrogens with one attached hydrogen (secondary N) is 1. The number of carbonyl (C=O) groups is 1. The molecule has 1 aliphatic rings. The van der Waals surface area contributed by atoms with Gasteiger partial charge in [-0.05, 0) is 42.9 Å². The van der Waals surface area contributed by atoms with E-state index in [4.69, 9.17) is 5.11 Å². The lowest BCUT2D eigenvalue weighted by molar-refractivity contribution is 0.0941. The lowest BCUT2D eigenvalue weighted by Crippen LogP contribution is -2.30. The number of hydrogen-bond acceptors (Lipinski definition) is 3. The van der Waals surface area contributed by atoms with Crippen LogP contribution in [-0.4, -0.2) is 38.3 Å². The Labute approximate surface area is 114 Å². The lowest BCUT2D eigenvalue weighted by Gasteiger charge is -2.16. The predicted molar refractivity (Wildman–Crippen MR) is 76.5 cm³/mol. The summed E-state index contributed by atoms with van der Waals surface area (Å²) in [5.74, 6) is -0.0343. The molecular weight excluding hydrogens is 240 g/mol. The number of hydrogen-bond donors (Lipinski definition) is 2. The smallest absolute Gasteiger partial charge is 0.251 e. The number of aliphatic hydroxyl groups is 1. The van der Waals surface area contributed by atoms with Crippen LogP contribution >= 0.6 is 0 Å². The fourth-order valence-electron chi connectivity index (χ4n) is 2.22. The number of carbonyl (C=O) groups excluding carboxylic acids is 1. The molecule has 0 spiro atoms. The highest BCUT2D eigenvalue weighted by Gasteiger charge is 2.41. The Morgan fingerprint density at radius 1 is 1.42 bits per heavy atom. The predicted octanol–water partition coefficient (Wildman–Crippen LogP) is 1.64. The molecule has 2 N–H and O–H groups in total. The minimum Gasteiger partial charge on any atom is -0.396 e. The molecule has 0 atom stereocenters. The first-order chi connectivity index (χ1) is 9.06. The van der Waals surface area contributed by atoms with Gasteiger partial charge in [0.25, 0.3) is 5.91 Å². The highest BCUT2D eigenvalue weighted by molar-refractivity contribution is 5.95. The molecule has 0 bridgehead atoms. The van der Waals surface area contributed by atoms with E-state index >= 15 is 0 Å². The van der Waals surface area contributed by atoms with Crippen molar-refractivity contribution < 1.29 is 9.90 Å². The fraction of sp³-hybridized carbons (Fsp3) is 0.533. The van der Waals surface area contributed by atoms with Gasteiger partial charge in [0, 0.05) is 38.5 Å². The van der Waals surface area contributed by atoms with E-state index in [2.05, 4.69) is 5.32 Å². The van der Waals surface area contributed by atoms with E-state index in [9.17, 15) is 4.79 Å². The van der Waals surface area contributed by atoms with Gasteiger partial charge in [0.15, 0.2) is 0 Å². The van der Waals surface area contributed by atoms with Crippen LogP contribution in [0.1, 0.15) is 29.6 Å². The third-order valence-corrected chi connectivity index (χ3v) is 3.85. The maximum absolute atomic E-state index is 12.1. The van der Waals surface area contributed by atoms with Crippen LogP contribution < -0.4 is 10.2 Å². The quantitative estimate of drug-likeness (QED) is 0.819. The van der Waals surface area contributed by atoms with Crippen LogP contribution in [0, 0.1) is 5.41 Å². The van der Waals surface area contributed by atoms with Crippen molar-refractivity contribution in [1.29, 1.82) is 0 Å². The van der Waals surface area contributed by atoms with E-state index in [-0.39, 0.29) is 17.9 Å². The summed E-state index contributed by atoms with van der Waals surface area (Å²) >= 11 is 0. The Morgan fingerprint density at radius 3 is 2.74 bits per heavy atom. The van der Waals surface area contributed by atoms with E-state index in [1.54, 1.807) is 0 Å². The van der Waals surface area contributed by atoms with Crippen LogP contribution in [0.3, 0.4) is 0 Å². The maximum Gasteiger partial charge on any atom is 0.251 e. The Hall–Kier alpha value is -1.55. The van der Waals surface area contributed by atoms with Gasteiger partial charge in [0.2, 0.25) is 0 Å². The molecule has 0 radical (unpaired) electrons. The van der Waals surface area contributed by atoms with Crippen LogP contribution in [0.4, 0.5) is 5.69 Å². The maximum atomic E-state index is 12.1. The zero-order valence-electron chi connectivity index (χ0n) is 11.6. The molecule has 0 saturated heterocycles. The average molecular weight is 262 g/mol. The summed E-state index contributed by atoms with van der Waals surface area (Å²) in [6.07, 6.45) is 2.99. The van der Waals surface area contributed by atoms with Gasteiger partial charge in [-0.25, -0.2) is 0 Å². The Kier molecular flexibility index (Phi) is 4.10. The van der Waals surface area contributed by atoms with Crippen LogP contribution in [0.2, 0.25) is 0 Å². The van der Waals surface area contributed by atoms with Crippen molar-refractivity contribution in [2.24, 2.45) is 5.41 Å². The van der Waals surface area contributed by atoms with Crippen molar-refractivity contribution in [2.75, 3.05) is 32.1 Å². The van der Waals surface area contributed by atoms with Crippen molar-refractivity contribution in [2.45, 2.75) is 19.3 Å². The molecule has 1 aromatic carbocycles. The number of amides is 1. The molecule has 1 aromatic rings. The normalized spacial score (nSPS) is 15.9. The molecule has 1 aliphatic carbocycles. The molecule has 104 valence electrons. The molecule has 1 saturated carbocycles. The zero-order chi connectivity index (χ0) is 13.9. The van der Waals surface area contributed by atoms with E-state index in [0.717, 1.165) is 24.9 Å². The number of nitrogens with zero attached hydrogens (tertiary/aromatic N) is 1. The van der Waals surface area contributed by atoms with Crippen LogP contribution in [0.15, 0.2) is 24.3 Å². The van der Waals surface area contributed by atoms with Gasteiger partial charge in [0.1, 0.15) is 0 Å². The van der Waals surface area contributed by atoms with Crippen LogP contribution in [0.25, 0.3) is 0 Å². The Bertz CT molecular complexity index is 453. The molecule has 2 rings (SSSR count). The third-order valence-electron chi connectivity index (χ3n) is 3.85. The first-order valence-electron chi connectivity index (χ1n) is 6.73. The molecule has 0 aromatic heterocycles. The standard InChI is InChI=1S/C15H22N2O2/c1-17(2)13-5-3-4-12(10-13)14(19)16-11-15(6-7-15)8-9-18/h3-5,10,18H,6-9,11H2,1-2H3,(H,16,19). The van der Waals surface area contributed by atoms with E-state index in [1.165, 1.54) is 0 Å². The summed E-state index contributed by atoms with van der Waals surface area (Å²) in [4.78, 5) is 14.1. The van der Waals surface area contributed by atoms with E-state index in [0.29, 0.717) is 12.1 Å². The summed E-state index contributed by atoms with van der Waals surface area (Å²) in [5, 5.41) is 12.0. The van der Waals surface area contributed by atoms with Gasteiger partial charge in [-0.15, -0.1) is 0 Å². The highest BCUT2D eigenvalue weighted by Crippen LogP contribution is 2.47. The van der Waals surface area contributed by atoms with Crippen molar-refractivity contribution in [3.63, 3.8) is 0 Å². The molecule has 1 fully saturated rings. The SMILES string of the molecule is CN(C)c1cccc(C(=O)NCC2(CCO)CC2)c1. The Balaban J connectivity index is 1.95. The number of aliphatic hydroxyl groups excluding tert-OH is 1. The lowest BCUT2D eigenvalue weighted by atomic mass is 10.0. The second-order valence-electron chi connectivity index (χ2n) is 5.60. The van der Waals surface area contributed by atoms with Gasteiger partial charge in [-0.3, -0.25) is 4.79 Å². The van der Waals surface area contributed by atoms with E-state index < -0.39 is 0 Å². The second-order valence-corrected chi connectivity index (χ2v) is 5.60. The van der Waals surface area contributed by atoms with Crippen molar-refractivity contribution in [1.82, 2.24) is 5.32 Å². The number of rotatable bonds is 6. The van der Waals surface area contributed by atoms with Gasteiger partial charge in [-0.1, -0.05) is 6.07 Å². The summed E-state index contributed by atoms with van der Waals surface area (Å²) in [6, 6.07) is 7.59. The minimum absolute atomic E-state index is 0.0343. The Morgan fingerprint density at radius 2 is 2.16 bits per heavy atom. The molecule has 4 heteroatoms. The van der Waals surface area contributed by atoms with Gasteiger partial charge in [-0.2, -0.15) is 0 Å². The molecule has 0 heterocycles. The average Bonchev–Trinajstić information content (AvgIpc) is 3.17. The number of anilines is 1. The van der Waals surface area contributed by atoms with Gasteiger partial charge in [0.05, 0.1) is 0 Å². The molecule has 0 unspecified atom stereocenters. The first kappa shape index (κ1) is 13.9. The van der Waals surface area contributed by atoms with Crippen molar-refractivity contribution >= 4 is 11.6 Å². The highest BCUT2D eigenvalue weighted by atomic mass is 16.3.